The Kier molecular flexibility index (Phi) is 21.7. The summed E-state index contributed by atoms with van der Waals surface area (Å²) in [6.45, 7) is 27.7. The van der Waals surface area contributed by atoms with Crippen LogP contribution in [-0.4, -0.2) is 0 Å². The first-order chi connectivity index (χ1) is 26.1. The van der Waals surface area contributed by atoms with Crippen molar-refractivity contribution in [2.24, 2.45) is 0 Å². The average Bonchev–Trinajstić information content (AvgIpc) is 3.15. The normalized spacial score (nSPS) is 9.56. The summed E-state index contributed by atoms with van der Waals surface area (Å²) in [6, 6.07) is 54.0. The van der Waals surface area contributed by atoms with Crippen LogP contribution >= 0.6 is 0 Å². The minimum absolute atomic E-state index is 0. The first kappa shape index (κ1) is 49.6. The van der Waals surface area contributed by atoms with E-state index in [2.05, 4.69) is 242 Å². The Labute approximate surface area is 349 Å². The molecule has 0 heteroatoms. The van der Waals surface area contributed by atoms with Gasteiger partial charge in [0, 0.05) is 0 Å². The Morgan fingerprint density at radius 1 is 0.193 bits per heavy atom. The van der Waals surface area contributed by atoms with Crippen LogP contribution in [0.5, 0.6) is 0 Å². The Balaban J connectivity index is 0.000000364. The minimum atomic E-state index is 0. The van der Waals surface area contributed by atoms with Gasteiger partial charge < -0.3 is 0 Å². The van der Waals surface area contributed by atoms with Gasteiger partial charge in [-0.3, -0.25) is 0 Å². The van der Waals surface area contributed by atoms with Gasteiger partial charge in [-0.15, -0.1) is 0 Å². The Morgan fingerprint density at radius 2 is 0.439 bits per heavy atom. The summed E-state index contributed by atoms with van der Waals surface area (Å²) >= 11 is 0. The van der Waals surface area contributed by atoms with Crippen molar-refractivity contribution in [2.75, 3.05) is 0 Å². The van der Waals surface area contributed by atoms with Gasteiger partial charge in [0.15, 0.2) is 0 Å². The zero-order chi connectivity index (χ0) is 40.5. The molecule has 0 spiro atoms. The quantitative estimate of drug-likeness (QED) is 0.165. The second-order valence-electron chi connectivity index (χ2n) is 15.2. The maximum absolute atomic E-state index is 2.26. The molecular formula is C57H72. The monoisotopic (exact) mass is 757 g/mol. The Hall–Kier alpha value is -5.46. The molecule has 0 saturated carbocycles. The van der Waals surface area contributed by atoms with Crippen LogP contribution in [0.2, 0.25) is 0 Å². The van der Waals surface area contributed by atoms with Crippen molar-refractivity contribution in [1.29, 1.82) is 0 Å². The van der Waals surface area contributed by atoms with Gasteiger partial charge in [-0.05, 0) is 146 Å². The van der Waals surface area contributed by atoms with Crippen molar-refractivity contribution < 1.29 is 0 Å². The lowest BCUT2D eigenvalue weighted by Gasteiger charge is -2.08. The van der Waals surface area contributed by atoms with E-state index in [4.69, 9.17) is 0 Å². The largest absolute Gasteiger partial charge is 0.0776 e. The summed E-state index contributed by atoms with van der Waals surface area (Å²) in [5.74, 6) is 0. The van der Waals surface area contributed by atoms with E-state index in [1.807, 2.05) is 0 Å². The number of benzene rings is 7. The molecule has 57 heavy (non-hydrogen) atoms. The molecule has 0 aliphatic carbocycles. The predicted molar refractivity (Wildman–Crippen MR) is 258 cm³/mol. The number of rotatable bonds is 2. The summed E-state index contributed by atoms with van der Waals surface area (Å²) in [4.78, 5) is 0. The first-order valence-corrected chi connectivity index (χ1v) is 19.5. The number of aryl methyl sites for hydroxylation is 13. The molecule has 0 unspecified atom stereocenters. The molecule has 300 valence electrons. The highest BCUT2D eigenvalue weighted by molar-refractivity contribution is 5.66. The third-order valence-corrected chi connectivity index (χ3v) is 9.84. The lowest BCUT2D eigenvalue weighted by Crippen LogP contribution is -1.86. The van der Waals surface area contributed by atoms with Gasteiger partial charge >= 0.3 is 0 Å². The molecule has 0 aliphatic rings. The molecule has 0 heterocycles. The van der Waals surface area contributed by atoms with E-state index in [0.717, 1.165) is 0 Å². The van der Waals surface area contributed by atoms with Gasteiger partial charge in [-0.25, -0.2) is 0 Å². The van der Waals surface area contributed by atoms with Crippen molar-refractivity contribution in [3.63, 3.8) is 0 Å². The first-order valence-electron chi connectivity index (χ1n) is 19.5. The summed E-state index contributed by atoms with van der Waals surface area (Å²) in [6.07, 6.45) is 0. The van der Waals surface area contributed by atoms with Crippen LogP contribution in [0.1, 0.15) is 87.2 Å². The summed E-state index contributed by atoms with van der Waals surface area (Å²) in [7, 11) is 0. The maximum Gasteiger partial charge on any atom is -0.0181 e. The molecule has 0 fully saturated rings. The molecule has 0 nitrogen and oxygen atoms in total. The molecule has 7 aromatic carbocycles. The smallest absolute Gasteiger partial charge is 0.0181 e. The fourth-order valence-corrected chi connectivity index (χ4v) is 5.67. The zero-order valence-corrected chi connectivity index (χ0v) is 35.9. The van der Waals surface area contributed by atoms with Gasteiger partial charge in [0.05, 0.1) is 0 Å². The summed E-state index contributed by atoms with van der Waals surface area (Å²) in [5, 5.41) is 0. The van der Waals surface area contributed by atoms with E-state index >= 15 is 0 Å². The van der Waals surface area contributed by atoms with Gasteiger partial charge in [0.2, 0.25) is 0 Å². The summed E-state index contributed by atoms with van der Waals surface area (Å²) < 4.78 is 0. The number of hydrogen-bond acceptors (Lipinski definition) is 0. The second-order valence-corrected chi connectivity index (χ2v) is 15.2. The SMILES string of the molecule is C.C.Cc1ccc(-c2ccc(C)c(C)c2)cc1C.Cc1ccc(-c2ccc(C)cc2)cc1.Cc1ccc(C)c(C)c1.Cc1ccc(C)cc1.Cc1cccc(C)c1. The van der Waals surface area contributed by atoms with E-state index in [-0.39, 0.29) is 14.9 Å². The van der Waals surface area contributed by atoms with Gasteiger partial charge in [0.25, 0.3) is 0 Å². The standard InChI is InChI=1S/C16H18.C14H14.C9H12.2C8H10.2CH4/c1-11-5-7-15(9-13(11)3)16-8-6-12(2)14(4)10-16;1-11-3-7-13(8-4-11)14-9-5-12(2)6-10-14;1-7-4-5-8(2)9(3)6-7;1-7-3-5-8(2)6-4-7;1-7-4-3-5-8(2)6-7;;/h5-10H,1-4H3;3-10H,1-2H3;4-6H,1-3H3;2*3-6H,1-2H3;2*1H4. The molecule has 0 bridgehead atoms. The Bertz CT molecular complexity index is 2060. The lowest BCUT2D eigenvalue weighted by molar-refractivity contribution is 1.30. The van der Waals surface area contributed by atoms with Crippen molar-refractivity contribution >= 4 is 0 Å². The topological polar surface area (TPSA) is 0 Å². The predicted octanol–water partition coefficient (Wildman–Crippen LogP) is 17.0. The highest BCUT2D eigenvalue weighted by Crippen LogP contribution is 2.24. The Morgan fingerprint density at radius 3 is 0.702 bits per heavy atom. The van der Waals surface area contributed by atoms with E-state index in [1.165, 1.54) is 94.6 Å². The molecule has 0 saturated heterocycles. The van der Waals surface area contributed by atoms with Gasteiger partial charge in [-0.1, -0.05) is 205 Å². The second kappa shape index (κ2) is 24.9. The van der Waals surface area contributed by atoms with Crippen LogP contribution in [0.25, 0.3) is 22.3 Å². The lowest BCUT2D eigenvalue weighted by atomic mass is 9.98. The third-order valence-electron chi connectivity index (χ3n) is 9.84. The fourth-order valence-electron chi connectivity index (χ4n) is 5.67. The number of hydrogen-bond donors (Lipinski definition) is 0. The molecule has 0 amide bonds. The van der Waals surface area contributed by atoms with Crippen molar-refractivity contribution in [1.82, 2.24) is 0 Å². The molecule has 0 aliphatic heterocycles. The highest BCUT2D eigenvalue weighted by Gasteiger charge is 2.01. The maximum atomic E-state index is 2.26. The van der Waals surface area contributed by atoms with E-state index in [1.54, 1.807) is 0 Å². The van der Waals surface area contributed by atoms with E-state index < -0.39 is 0 Å². The van der Waals surface area contributed by atoms with Crippen LogP contribution in [0.4, 0.5) is 0 Å². The van der Waals surface area contributed by atoms with Crippen LogP contribution in [0.15, 0.2) is 152 Å². The molecular weight excluding hydrogens is 685 g/mol. The van der Waals surface area contributed by atoms with Gasteiger partial charge in [0.1, 0.15) is 0 Å². The highest BCUT2D eigenvalue weighted by atomic mass is 14.1. The van der Waals surface area contributed by atoms with E-state index in [9.17, 15) is 0 Å². The van der Waals surface area contributed by atoms with Crippen molar-refractivity contribution in [3.8, 4) is 22.3 Å². The van der Waals surface area contributed by atoms with Gasteiger partial charge in [-0.2, -0.15) is 0 Å². The van der Waals surface area contributed by atoms with E-state index in [0.29, 0.717) is 0 Å². The van der Waals surface area contributed by atoms with Crippen molar-refractivity contribution in [3.05, 3.63) is 224 Å². The summed E-state index contributed by atoms with van der Waals surface area (Å²) in [5.41, 5.74) is 22.7. The van der Waals surface area contributed by atoms with Crippen LogP contribution in [0, 0.1) is 90.0 Å². The minimum Gasteiger partial charge on any atom is -0.0776 e. The van der Waals surface area contributed by atoms with Crippen LogP contribution in [0.3, 0.4) is 0 Å². The molecule has 7 rings (SSSR count). The molecule has 0 radical (unpaired) electrons. The van der Waals surface area contributed by atoms with Crippen LogP contribution < -0.4 is 0 Å². The third kappa shape index (κ3) is 17.9. The fraction of sp³-hybridized carbons (Fsp3) is 0.263. The van der Waals surface area contributed by atoms with Crippen molar-refractivity contribution in [2.45, 2.75) is 105 Å². The molecule has 7 aromatic rings. The zero-order valence-electron chi connectivity index (χ0n) is 35.9. The van der Waals surface area contributed by atoms with Crippen LogP contribution in [-0.2, 0) is 0 Å². The molecule has 0 N–H and O–H groups in total. The average molecular weight is 757 g/mol. The molecule has 0 atom stereocenters. The molecule has 0 aromatic heterocycles.